The maximum absolute atomic E-state index is 3.47. The van der Waals surface area contributed by atoms with Gasteiger partial charge in [0, 0.05) is 4.47 Å². The zero-order valence-electron chi connectivity index (χ0n) is 6.02. The molecule has 1 radical (unpaired) electrons. The lowest BCUT2D eigenvalue weighted by atomic mass is 10.1. The van der Waals surface area contributed by atoms with Gasteiger partial charge in [0.15, 0.2) is 0 Å². The molecule has 0 saturated carbocycles. The molecule has 0 aliphatic carbocycles. The Labute approximate surface area is 70.4 Å². The number of rotatable bonds is 2. The SMILES string of the molecule is CCCc1cc[c]cc1Br. The third kappa shape index (κ3) is 1.84. The molecule has 0 heterocycles. The monoisotopic (exact) mass is 197 g/mol. The van der Waals surface area contributed by atoms with Gasteiger partial charge in [-0.15, -0.1) is 0 Å². The molecule has 10 heavy (non-hydrogen) atoms. The third-order valence-electron chi connectivity index (χ3n) is 1.42. The number of hydrogen-bond donors (Lipinski definition) is 0. The first-order valence-electron chi connectivity index (χ1n) is 3.49. The Morgan fingerprint density at radius 3 is 3.00 bits per heavy atom. The molecule has 0 aliphatic heterocycles. The van der Waals surface area contributed by atoms with Crippen LogP contribution in [0.5, 0.6) is 0 Å². The van der Waals surface area contributed by atoms with Gasteiger partial charge in [-0.3, -0.25) is 0 Å². The predicted octanol–water partition coefficient (Wildman–Crippen LogP) is 3.20. The van der Waals surface area contributed by atoms with Crippen molar-refractivity contribution in [2.75, 3.05) is 0 Å². The summed E-state index contributed by atoms with van der Waals surface area (Å²) in [6.45, 7) is 2.18. The average Bonchev–Trinajstić information content (AvgIpc) is 1.94. The van der Waals surface area contributed by atoms with E-state index in [1.54, 1.807) is 0 Å². The van der Waals surface area contributed by atoms with Gasteiger partial charge in [-0.1, -0.05) is 41.4 Å². The van der Waals surface area contributed by atoms with E-state index in [0.29, 0.717) is 0 Å². The van der Waals surface area contributed by atoms with Crippen LogP contribution in [0.15, 0.2) is 22.7 Å². The highest BCUT2D eigenvalue weighted by Gasteiger charge is 1.94. The van der Waals surface area contributed by atoms with Gasteiger partial charge in [0.1, 0.15) is 0 Å². The van der Waals surface area contributed by atoms with Crippen molar-refractivity contribution in [3.8, 4) is 0 Å². The van der Waals surface area contributed by atoms with Crippen molar-refractivity contribution in [2.45, 2.75) is 19.8 Å². The van der Waals surface area contributed by atoms with Crippen LogP contribution in [0.25, 0.3) is 0 Å². The summed E-state index contributed by atoms with van der Waals surface area (Å²) in [6.07, 6.45) is 2.35. The van der Waals surface area contributed by atoms with Crippen LogP contribution in [0.1, 0.15) is 18.9 Å². The van der Waals surface area contributed by atoms with Gasteiger partial charge >= 0.3 is 0 Å². The molecule has 53 valence electrons. The predicted molar refractivity (Wildman–Crippen MR) is 47.0 cm³/mol. The summed E-state index contributed by atoms with van der Waals surface area (Å²) in [5.74, 6) is 0. The Morgan fingerprint density at radius 1 is 1.60 bits per heavy atom. The fourth-order valence-corrected chi connectivity index (χ4v) is 1.38. The van der Waals surface area contributed by atoms with E-state index in [9.17, 15) is 0 Å². The summed E-state index contributed by atoms with van der Waals surface area (Å²) in [5.41, 5.74) is 1.38. The third-order valence-corrected chi connectivity index (χ3v) is 2.16. The highest BCUT2D eigenvalue weighted by Crippen LogP contribution is 2.16. The van der Waals surface area contributed by atoms with Gasteiger partial charge in [-0.25, -0.2) is 0 Å². The summed E-state index contributed by atoms with van der Waals surface area (Å²) in [5, 5.41) is 0. The molecular weight excluding hydrogens is 188 g/mol. The van der Waals surface area contributed by atoms with E-state index in [-0.39, 0.29) is 0 Å². The molecule has 0 aromatic heterocycles. The molecule has 1 aromatic rings. The topological polar surface area (TPSA) is 0 Å². The minimum absolute atomic E-state index is 1.15. The molecule has 0 amide bonds. The quantitative estimate of drug-likeness (QED) is 0.684. The van der Waals surface area contributed by atoms with Crippen molar-refractivity contribution in [1.82, 2.24) is 0 Å². The van der Waals surface area contributed by atoms with Crippen LogP contribution in [0, 0.1) is 6.07 Å². The van der Waals surface area contributed by atoms with Crippen molar-refractivity contribution in [1.29, 1.82) is 0 Å². The van der Waals surface area contributed by atoms with E-state index >= 15 is 0 Å². The van der Waals surface area contributed by atoms with Crippen LogP contribution in [0.2, 0.25) is 0 Å². The van der Waals surface area contributed by atoms with E-state index in [1.165, 1.54) is 16.5 Å². The molecule has 0 aliphatic rings. The standard InChI is InChI=1S/C9H10Br/c1-2-5-8-6-3-4-7-9(8)10/h3,6-7H,2,5H2,1H3. The second kappa shape index (κ2) is 3.77. The summed E-state index contributed by atoms with van der Waals surface area (Å²) in [6, 6.07) is 9.03. The maximum Gasteiger partial charge on any atom is 0.0213 e. The summed E-state index contributed by atoms with van der Waals surface area (Å²) in [7, 11) is 0. The van der Waals surface area contributed by atoms with Gasteiger partial charge in [-0.05, 0) is 24.1 Å². The smallest absolute Gasteiger partial charge is 0.0213 e. The van der Waals surface area contributed by atoms with Gasteiger partial charge in [0.25, 0.3) is 0 Å². The van der Waals surface area contributed by atoms with Crippen LogP contribution < -0.4 is 0 Å². The number of benzene rings is 1. The molecule has 0 unspecified atom stereocenters. The molecule has 1 heteroatoms. The highest BCUT2D eigenvalue weighted by atomic mass is 79.9. The Balaban J connectivity index is 2.81. The zero-order chi connectivity index (χ0) is 7.40. The van der Waals surface area contributed by atoms with Gasteiger partial charge in [0.05, 0.1) is 0 Å². The summed E-state index contributed by atoms with van der Waals surface area (Å²) < 4.78 is 1.18. The maximum atomic E-state index is 3.47. The van der Waals surface area contributed by atoms with E-state index in [2.05, 4.69) is 35.0 Å². The van der Waals surface area contributed by atoms with E-state index in [1.807, 2.05) is 12.1 Å². The van der Waals surface area contributed by atoms with Crippen LogP contribution in [0.4, 0.5) is 0 Å². The Morgan fingerprint density at radius 2 is 2.40 bits per heavy atom. The van der Waals surface area contributed by atoms with E-state index in [0.717, 1.165) is 6.42 Å². The van der Waals surface area contributed by atoms with Gasteiger partial charge < -0.3 is 0 Å². The fourth-order valence-electron chi connectivity index (χ4n) is 0.914. The van der Waals surface area contributed by atoms with Crippen LogP contribution >= 0.6 is 15.9 Å². The lowest BCUT2D eigenvalue weighted by Gasteiger charge is -1.99. The highest BCUT2D eigenvalue weighted by molar-refractivity contribution is 9.10. The molecular formula is C9H10Br. The van der Waals surface area contributed by atoms with E-state index < -0.39 is 0 Å². The van der Waals surface area contributed by atoms with Crippen molar-refractivity contribution in [2.24, 2.45) is 0 Å². The number of hydrogen-bond acceptors (Lipinski definition) is 0. The normalized spacial score (nSPS) is 9.80. The molecule has 0 N–H and O–H groups in total. The van der Waals surface area contributed by atoms with Crippen LogP contribution in [-0.2, 0) is 6.42 Å². The van der Waals surface area contributed by atoms with Crippen molar-refractivity contribution in [3.05, 3.63) is 34.3 Å². The van der Waals surface area contributed by atoms with Crippen LogP contribution in [0.3, 0.4) is 0 Å². The Bertz CT molecular complexity index is 206. The number of halogens is 1. The molecule has 0 nitrogen and oxygen atoms in total. The molecule has 0 saturated heterocycles. The summed E-state index contributed by atoms with van der Waals surface area (Å²) >= 11 is 3.47. The zero-order valence-corrected chi connectivity index (χ0v) is 7.61. The van der Waals surface area contributed by atoms with E-state index in [4.69, 9.17) is 0 Å². The minimum atomic E-state index is 1.15. The number of aryl methyl sites for hydroxylation is 1. The molecule has 0 atom stereocenters. The lowest BCUT2D eigenvalue weighted by molar-refractivity contribution is 0.917. The molecule has 0 bridgehead atoms. The Kier molecular flexibility index (Phi) is 2.94. The molecule has 0 spiro atoms. The first-order valence-corrected chi connectivity index (χ1v) is 4.28. The Hall–Kier alpha value is -0.300. The second-order valence-corrected chi connectivity index (χ2v) is 3.12. The van der Waals surface area contributed by atoms with Gasteiger partial charge in [0.2, 0.25) is 0 Å². The minimum Gasteiger partial charge on any atom is -0.0651 e. The first-order chi connectivity index (χ1) is 4.84. The van der Waals surface area contributed by atoms with Crippen molar-refractivity contribution >= 4 is 15.9 Å². The summed E-state index contributed by atoms with van der Waals surface area (Å²) in [4.78, 5) is 0. The fraction of sp³-hybridized carbons (Fsp3) is 0.333. The lowest BCUT2D eigenvalue weighted by Crippen LogP contribution is -1.82. The van der Waals surface area contributed by atoms with Gasteiger partial charge in [-0.2, -0.15) is 0 Å². The molecule has 1 rings (SSSR count). The molecule has 0 fully saturated rings. The first kappa shape index (κ1) is 7.80. The van der Waals surface area contributed by atoms with Crippen molar-refractivity contribution in [3.63, 3.8) is 0 Å². The van der Waals surface area contributed by atoms with Crippen molar-refractivity contribution < 1.29 is 0 Å². The average molecular weight is 198 g/mol. The molecule has 1 aromatic carbocycles. The largest absolute Gasteiger partial charge is 0.0651 e. The second-order valence-electron chi connectivity index (χ2n) is 2.27. The van der Waals surface area contributed by atoms with Crippen LogP contribution in [-0.4, -0.2) is 0 Å².